The molecule has 1 amide bonds. The Morgan fingerprint density at radius 2 is 2.00 bits per heavy atom. The van der Waals surface area contributed by atoms with Crippen molar-refractivity contribution >= 4 is 5.91 Å². The van der Waals surface area contributed by atoms with Crippen molar-refractivity contribution in [3.8, 4) is 5.75 Å². The fourth-order valence-corrected chi connectivity index (χ4v) is 2.61. The first-order chi connectivity index (χ1) is 9.83. The lowest BCUT2D eigenvalue weighted by atomic mass is 10.2. The molecular weight excluding hydrogens is 252 g/mol. The van der Waals surface area contributed by atoms with E-state index in [1.807, 2.05) is 35.2 Å². The predicted octanol–water partition coefficient (Wildman–Crippen LogP) is 1.81. The Bertz CT molecular complexity index is 445. The normalized spacial score (nSPS) is 22.3. The molecule has 0 radical (unpaired) electrons. The first-order valence-corrected chi connectivity index (χ1v) is 7.55. The second kappa shape index (κ2) is 6.27. The molecule has 2 fully saturated rings. The number of para-hydroxylation sites is 1. The largest absolute Gasteiger partial charge is 0.494 e. The Morgan fingerprint density at radius 3 is 2.75 bits per heavy atom. The van der Waals surface area contributed by atoms with E-state index in [1.165, 1.54) is 12.8 Å². The summed E-state index contributed by atoms with van der Waals surface area (Å²) in [5.74, 6) is 1.17. The third kappa shape index (κ3) is 3.51. The average Bonchev–Trinajstić information content (AvgIpc) is 3.23. The second-order valence-electron chi connectivity index (χ2n) is 5.62. The highest BCUT2D eigenvalue weighted by molar-refractivity contribution is 5.84. The number of rotatable bonds is 7. The molecule has 2 aliphatic rings. The highest BCUT2D eigenvalue weighted by Crippen LogP contribution is 2.22. The summed E-state index contributed by atoms with van der Waals surface area (Å²) in [5, 5.41) is 3.43. The van der Waals surface area contributed by atoms with E-state index < -0.39 is 0 Å². The van der Waals surface area contributed by atoms with Gasteiger partial charge in [-0.1, -0.05) is 18.2 Å². The lowest BCUT2D eigenvalue weighted by Crippen LogP contribution is -2.39. The number of carbonyl (C=O) groups is 1. The molecule has 1 aromatic carbocycles. The summed E-state index contributed by atoms with van der Waals surface area (Å²) >= 11 is 0. The van der Waals surface area contributed by atoms with Crippen LogP contribution >= 0.6 is 0 Å². The zero-order chi connectivity index (χ0) is 13.8. The highest BCUT2D eigenvalue weighted by Gasteiger charge is 2.35. The van der Waals surface area contributed by atoms with Gasteiger partial charge in [-0.25, -0.2) is 0 Å². The number of likely N-dealkylation sites (tertiary alicyclic amines) is 1. The molecule has 1 atom stereocenters. The van der Waals surface area contributed by atoms with E-state index in [4.69, 9.17) is 4.74 Å². The third-order valence-corrected chi connectivity index (χ3v) is 3.90. The monoisotopic (exact) mass is 274 g/mol. The van der Waals surface area contributed by atoms with Crippen molar-refractivity contribution in [2.75, 3.05) is 19.7 Å². The molecule has 1 aromatic rings. The fraction of sp³-hybridized carbons (Fsp3) is 0.562. The van der Waals surface area contributed by atoms with E-state index in [0.29, 0.717) is 12.6 Å². The van der Waals surface area contributed by atoms with Gasteiger partial charge in [-0.15, -0.1) is 0 Å². The standard InChI is InChI=1S/C16H22N2O2/c19-16-15(17-13-7-8-13)9-11-18(16)10-4-12-20-14-5-2-1-3-6-14/h1-3,5-6,13,15,17H,4,7-12H2. The van der Waals surface area contributed by atoms with Crippen LogP contribution in [-0.4, -0.2) is 42.6 Å². The Kier molecular flexibility index (Phi) is 4.21. The number of hydrogen-bond donors (Lipinski definition) is 1. The minimum Gasteiger partial charge on any atom is -0.494 e. The molecule has 0 spiro atoms. The van der Waals surface area contributed by atoms with Gasteiger partial charge in [0.05, 0.1) is 12.6 Å². The van der Waals surface area contributed by atoms with Gasteiger partial charge in [0, 0.05) is 19.1 Å². The molecule has 1 heterocycles. The molecule has 1 saturated carbocycles. The predicted molar refractivity (Wildman–Crippen MR) is 77.7 cm³/mol. The van der Waals surface area contributed by atoms with Crippen LogP contribution in [0, 0.1) is 0 Å². The second-order valence-corrected chi connectivity index (χ2v) is 5.62. The van der Waals surface area contributed by atoms with Crippen LogP contribution in [0.3, 0.4) is 0 Å². The van der Waals surface area contributed by atoms with Crippen molar-refractivity contribution in [1.29, 1.82) is 0 Å². The topological polar surface area (TPSA) is 41.6 Å². The van der Waals surface area contributed by atoms with Crippen LogP contribution in [0.1, 0.15) is 25.7 Å². The summed E-state index contributed by atoms with van der Waals surface area (Å²) in [6.07, 6.45) is 4.30. The third-order valence-electron chi connectivity index (χ3n) is 3.90. The molecule has 1 N–H and O–H groups in total. The minimum atomic E-state index is 0.0672. The van der Waals surface area contributed by atoms with Gasteiger partial charge < -0.3 is 15.0 Å². The molecule has 1 aliphatic heterocycles. The summed E-state index contributed by atoms with van der Waals surface area (Å²) in [5.41, 5.74) is 0. The van der Waals surface area contributed by atoms with Gasteiger partial charge in [0.25, 0.3) is 0 Å². The van der Waals surface area contributed by atoms with Crippen molar-refractivity contribution in [3.63, 3.8) is 0 Å². The highest BCUT2D eigenvalue weighted by atomic mass is 16.5. The quantitative estimate of drug-likeness (QED) is 0.771. The molecular formula is C16H22N2O2. The maximum Gasteiger partial charge on any atom is 0.239 e. The van der Waals surface area contributed by atoms with E-state index in [1.54, 1.807) is 0 Å². The lowest BCUT2D eigenvalue weighted by Gasteiger charge is -2.17. The number of nitrogens with zero attached hydrogens (tertiary/aromatic N) is 1. The van der Waals surface area contributed by atoms with Gasteiger partial charge in [0.1, 0.15) is 5.75 Å². The SMILES string of the molecule is O=C1C(NC2CC2)CCN1CCCOc1ccccc1. The molecule has 1 aliphatic carbocycles. The van der Waals surface area contributed by atoms with Crippen molar-refractivity contribution in [2.45, 2.75) is 37.8 Å². The summed E-state index contributed by atoms with van der Waals surface area (Å²) in [6, 6.07) is 10.5. The first kappa shape index (κ1) is 13.4. The zero-order valence-corrected chi connectivity index (χ0v) is 11.8. The van der Waals surface area contributed by atoms with Crippen molar-refractivity contribution in [1.82, 2.24) is 10.2 Å². The van der Waals surface area contributed by atoms with E-state index in [-0.39, 0.29) is 11.9 Å². The van der Waals surface area contributed by atoms with Gasteiger partial charge >= 0.3 is 0 Å². The van der Waals surface area contributed by atoms with Gasteiger partial charge in [-0.3, -0.25) is 4.79 Å². The first-order valence-electron chi connectivity index (χ1n) is 7.55. The molecule has 4 heteroatoms. The Labute approximate surface area is 120 Å². The van der Waals surface area contributed by atoms with Gasteiger partial charge in [0.2, 0.25) is 5.91 Å². The molecule has 3 rings (SSSR count). The molecule has 1 saturated heterocycles. The molecule has 0 aromatic heterocycles. The number of amides is 1. The van der Waals surface area contributed by atoms with Crippen LogP contribution in [0.25, 0.3) is 0 Å². The van der Waals surface area contributed by atoms with E-state index in [0.717, 1.165) is 31.7 Å². The number of hydrogen-bond acceptors (Lipinski definition) is 3. The van der Waals surface area contributed by atoms with Gasteiger partial charge in [-0.05, 0) is 37.8 Å². The number of ether oxygens (including phenoxy) is 1. The Balaban J connectivity index is 1.35. The zero-order valence-electron chi connectivity index (χ0n) is 11.8. The van der Waals surface area contributed by atoms with E-state index in [2.05, 4.69) is 5.32 Å². The van der Waals surface area contributed by atoms with Crippen molar-refractivity contribution in [3.05, 3.63) is 30.3 Å². The average molecular weight is 274 g/mol. The van der Waals surface area contributed by atoms with E-state index >= 15 is 0 Å². The van der Waals surface area contributed by atoms with Crippen LogP contribution in [0.2, 0.25) is 0 Å². The Morgan fingerprint density at radius 1 is 1.20 bits per heavy atom. The van der Waals surface area contributed by atoms with Crippen LogP contribution in [0.4, 0.5) is 0 Å². The molecule has 108 valence electrons. The molecule has 0 bridgehead atoms. The van der Waals surface area contributed by atoms with Gasteiger partial charge in [0.15, 0.2) is 0 Å². The van der Waals surface area contributed by atoms with Gasteiger partial charge in [-0.2, -0.15) is 0 Å². The Hall–Kier alpha value is -1.55. The number of benzene rings is 1. The minimum absolute atomic E-state index is 0.0672. The van der Waals surface area contributed by atoms with Crippen LogP contribution in [0.15, 0.2) is 30.3 Å². The van der Waals surface area contributed by atoms with E-state index in [9.17, 15) is 4.79 Å². The van der Waals surface area contributed by atoms with Crippen LogP contribution in [0.5, 0.6) is 5.75 Å². The summed E-state index contributed by atoms with van der Waals surface area (Å²) < 4.78 is 5.65. The molecule has 20 heavy (non-hydrogen) atoms. The maximum atomic E-state index is 12.2. The van der Waals surface area contributed by atoms with Crippen LogP contribution in [-0.2, 0) is 4.79 Å². The van der Waals surface area contributed by atoms with Crippen LogP contribution < -0.4 is 10.1 Å². The molecule has 1 unspecified atom stereocenters. The fourth-order valence-electron chi connectivity index (χ4n) is 2.61. The lowest BCUT2D eigenvalue weighted by molar-refractivity contribution is -0.129. The number of nitrogens with one attached hydrogen (secondary N) is 1. The van der Waals surface area contributed by atoms with Crippen molar-refractivity contribution in [2.24, 2.45) is 0 Å². The summed E-state index contributed by atoms with van der Waals surface area (Å²) in [7, 11) is 0. The molecule has 4 nitrogen and oxygen atoms in total. The number of carbonyl (C=O) groups excluding carboxylic acids is 1. The van der Waals surface area contributed by atoms with Crippen molar-refractivity contribution < 1.29 is 9.53 Å². The summed E-state index contributed by atoms with van der Waals surface area (Å²) in [6.45, 7) is 2.34. The summed E-state index contributed by atoms with van der Waals surface area (Å²) in [4.78, 5) is 14.1. The maximum absolute atomic E-state index is 12.2. The smallest absolute Gasteiger partial charge is 0.239 e.